The van der Waals surface area contributed by atoms with Gasteiger partial charge in [0.25, 0.3) is 0 Å². The van der Waals surface area contributed by atoms with Crippen molar-refractivity contribution >= 4 is 11.9 Å². The third-order valence-corrected chi connectivity index (χ3v) is 2.86. The van der Waals surface area contributed by atoms with E-state index in [2.05, 4.69) is 0 Å². The molecule has 0 aromatic rings. The maximum Gasteiger partial charge on any atom is 0.323 e. The number of hydrogen-bond donors (Lipinski definition) is 2. The lowest BCUT2D eigenvalue weighted by atomic mass is 10.0. The first kappa shape index (κ1) is 14.0. The van der Waals surface area contributed by atoms with E-state index in [1.165, 1.54) is 4.90 Å². The summed E-state index contributed by atoms with van der Waals surface area (Å²) in [6.45, 7) is 4.29. The molecule has 0 aromatic carbocycles. The van der Waals surface area contributed by atoms with E-state index in [9.17, 15) is 9.59 Å². The van der Waals surface area contributed by atoms with E-state index in [1.807, 2.05) is 13.8 Å². The van der Waals surface area contributed by atoms with Crippen molar-refractivity contribution in [3.8, 4) is 0 Å². The second-order valence-electron chi connectivity index (χ2n) is 5.29. The first-order valence-corrected chi connectivity index (χ1v) is 6.16. The van der Waals surface area contributed by atoms with Gasteiger partial charge < -0.3 is 15.7 Å². The number of carboxylic acids is 1. The molecule has 1 aliphatic carbocycles. The van der Waals surface area contributed by atoms with Gasteiger partial charge in [-0.25, -0.2) is 0 Å². The Morgan fingerprint density at radius 2 is 2.00 bits per heavy atom. The van der Waals surface area contributed by atoms with Crippen LogP contribution in [0.5, 0.6) is 0 Å². The van der Waals surface area contributed by atoms with Gasteiger partial charge in [0.1, 0.15) is 6.54 Å². The zero-order chi connectivity index (χ0) is 13.0. The van der Waals surface area contributed by atoms with Crippen LogP contribution in [-0.2, 0) is 9.59 Å². The summed E-state index contributed by atoms with van der Waals surface area (Å²) in [5.41, 5.74) is 5.81. The van der Waals surface area contributed by atoms with Gasteiger partial charge in [0.2, 0.25) is 5.91 Å². The summed E-state index contributed by atoms with van der Waals surface area (Å²) in [6, 6.07) is -0.576. The molecule has 1 aliphatic rings. The fourth-order valence-electron chi connectivity index (χ4n) is 1.85. The molecule has 0 bridgehead atoms. The molecular formula is C12H22N2O3. The van der Waals surface area contributed by atoms with Crippen molar-refractivity contribution in [1.29, 1.82) is 0 Å². The number of hydrogen-bond acceptors (Lipinski definition) is 3. The van der Waals surface area contributed by atoms with E-state index in [1.54, 1.807) is 0 Å². The van der Waals surface area contributed by atoms with Gasteiger partial charge in [0.15, 0.2) is 0 Å². The van der Waals surface area contributed by atoms with Gasteiger partial charge in [-0.1, -0.05) is 13.8 Å². The van der Waals surface area contributed by atoms with Crippen LogP contribution in [0.25, 0.3) is 0 Å². The molecule has 1 atom stereocenters. The molecule has 0 aliphatic heterocycles. The molecule has 0 saturated heterocycles. The third kappa shape index (κ3) is 5.17. The highest BCUT2D eigenvalue weighted by atomic mass is 16.4. The van der Waals surface area contributed by atoms with Crippen molar-refractivity contribution in [3.05, 3.63) is 0 Å². The Morgan fingerprint density at radius 3 is 2.41 bits per heavy atom. The number of rotatable bonds is 7. The Labute approximate surface area is 102 Å². The molecule has 0 heterocycles. The van der Waals surface area contributed by atoms with Crippen molar-refractivity contribution in [3.63, 3.8) is 0 Å². The minimum atomic E-state index is -0.976. The Hall–Kier alpha value is -1.10. The summed E-state index contributed by atoms with van der Waals surface area (Å²) in [5.74, 6) is -0.394. The molecule has 0 unspecified atom stereocenters. The highest BCUT2D eigenvalue weighted by Crippen LogP contribution is 2.29. The van der Waals surface area contributed by atoms with E-state index in [-0.39, 0.29) is 12.5 Å². The monoisotopic (exact) mass is 242 g/mol. The molecule has 1 rings (SSSR count). The van der Waals surface area contributed by atoms with Crippen LogP contribution < -0.4 is 5.73 Å². The molecule has 5 nitrogen and oxygen atoms in total. The highest BCUT2D eigenvalue weighted by molar-refractivity contribution is 5.85. The van der Waals surface area contributed by atoms with Crippen LogP contribution >= 0.6 is 0 Å². The Morgan fingerprint density at radius 1 is 1.41 bits per heavy atom. The molecular weight excluding hydrogens is 220 g/mol. The van der Waals surface area contributed by atoms with Gasteiger partial charge in [-0.3, -0.25) is 9.59 Å². The van der Waals surface area contributed by atoms with Crippen molar-refractivity contribution in [1.82, 2.24) is 4.90 Å². The topological polar surface area (TPSA) is 83.6 Å². The van der Waals surface area contributed by atoms with Gasteiger partial charge in [-0.05, 0) is 31.1 Å². The molecule has 1 fully saturated rings. The normalized spacial score (nSPS) is 16.9. The van der Waals surface area contributed by atoms with Gasteiger partial charge in [0.05, 0.1) is 6.04 Å². The summed E-state index contributed by atoms with van der Waals surface area (Å²) < 4.78 is 0. The number of amides is 1. The summed E-state index contributed by atoms with van der Waals surface area (Å²) >= 11 is 0. The van der Waals surface area contributed by atoms with Crippen LogP contribution in [-0.4, -0.2) is 41.0 Å². The molecule has 1 saturated carbocycles. The van der Waals surface area contributed by atoms with E-state index in [0.717, 1.165) is 12.8 Å². The average molecular weight is 242 g/mol. The molecule has 0 radical (unpaired) electrons. The minimum Gasteiger partial charge on any atom is -0.480 e. The van der Waals surface area contributed by atoms with Crippen molar-refractivity contribution in [2.24, 2.45) is 17.6 Å². The molecule has 98 valence electrons. The second-order valence-corrected chi connectivity index (χ2v) is 5.29. The minimum absolute atomic E-state index is 0.229. The van der Waals surface area contributed by atoms with E-state index in [4.69, 9.17) is 10.8 Å². The van der Waals surface area contributed by atoms with Crippen molar-refractivity contribution in [2.45, 2.75) is 39.2 Å². The molecule has 1 amide bonds. The van der Waals surface area contributed by atoms with Gasteiger partial charge in [-0.15, -0.1) is 0 Å². The summed E-state index contributed by atoms with van der Waals surface area (Å²) in [6.07, 6.45) is 2.77. The standard InChI is InChI=1S/C12H22N2O3/c1-8(2)5-10(13)12(17)14(7-11(15)16)6-9-3-4-9/h8-10H,3-7,13H2,1-2H3,(H,15,16)/t10-/m1/s1. The predicted molar refractivity (Wildman–Crippen MR) is 64.4 cm³/mol. The predicted octanol–water partition coefficient (Wildman–Crippen LogP) is 0.683. The third-order valence-electron chi connectivity index (χ3n) is 2.86. The highest BCUT2D eigenvalue weighted by Gasteiger charge is 2.30. The lowest BCUT2D eigenvalue weighted by molar-refractivity contribution is -0.145. The van der Waals surface area contributed by atoms with Crippen LogP contribution in [0.1, 0.15) is 33.1 Å². The van der Waals surface area contributed by atoms with Gasteiger partial charge in [-0.2, -0.15) is 0 Å². The van der Waals surface area contributed by atoms with E-state index in [0.29, 0.717) is 24.8 Å². The maximum absolute atomic E-state index is 12.0. The number of carbonyl (C=O) groups is 2. The number of carboxylic acid groups (broad SMARTS) is 1. The van der Waals surface area contributed by atoms with Crippen LogP contribution in [0.4, 0.5) is 0 Å². The second kappa shape index (κ2) is 6.00. The van der Waals surface area contributed by atoms with Gasteiger partial charge in [0, 0.05) is 6.54 Å². The Kier molecular flexibility index (Phi) is 4.93. The van der Waals surface area contributed by atoms with Crippen LogP contribution in [0.3, 0.4) is 0 Å². The smallest absolute Gasteiger partial charge is 0.323 e. The first-order chi connectivity index (χ1) is 7.90. The largest absolute Gasteiger partial charge is 0.480 e. The number of aliphatic carboxylic acids is 1. The number of carbonyl (C=O) groups excluding carboxylic acids is 1. The fourth-order valence-corrected chi connectivity index (χ4v) is 1.85. The van der Waals surface area contributed by atoms with Crippen LogP contribution in [0.15, 0.2) is 0 Å². The van der Waals surface area contributed by atoms with Gasteiger partial charge >= 0.3 is 5.97 Å². The van der Waals surface area contributed by atoms with Crippen LogP contribution in [0.2, 0.25) is 0 Å². The SMILES string of the molecule is CC(C)C[C@@H](N)C(=O)N(CC(=O)O)CC1CC1. The molecule has 0 aromatic heterocycles. The van der Waals surface area contributed by atoms with E-state index >= 15 is 0 Å². The fraction of sp³-hybridized carbons (Fsp3) is 0.833. The quantitative estimate of drug-likeness (QED) is 0.687. The zero-order valence-electron chi connectivity index (χ0n) is 10.6. The average Bonchev–Trinajstić information content (AvgIpc) is 2.97. The molecule has 17 heavy (non-hydrogen) atoms. The molecule has 5 heteroatoms. The lowest BCUT2D eigenvalue weighted by Crippen LogP contribution is -2.47. The number of nitrogens with two attached hydrogens (primary N) is 1. The van der Waals surface area contributed by atoms with Crippen molar-refractivity contribution < 1.29 is 14.7 Å². The van der Waals surface area contributed by atoms with Crippen molar-refractivity contribution in [2.75, 3.05) is 13.1 Å². The Bertz CT molecular complexity index is 287. The lowest BCUT2D eigenvalue weighted by Gasteiger charge is -2.24. The molecule has 3 N–H and O–H groups in total. The maximum atomic E-state index is 12.0. The number of nitrogens with zero attached hydrogens (tertiary/aromatic N) is 1. The Balaban J connectivity index is 2.53. The summed E-state index contributed by atoms with van der Waals surface area (Å²) in [4.78, 5) is 24.1. The zero-order valence-corrected chi connectivity index (χ0v) is 10.6. The summed E-state index contributed by atoms with van der Waals surface area (Å²) in [5, 5.41) is 8.80. The molecule has 0 spiro atoms. The first-order valence-electron chi connectivity index (χ1n) is 6.16. The summed E-state index contributed by atoms with van der Waals surface area (Å²) in [7, 11) is 0. The van der Waals surface area contributed by atoms with Crippen LogP contribution in [0, 0.1) is 11.8 Å². The van der Waals surface area contributed by atoms with E-state index < -0.39 is 12.0 Å².